The summed E-state index contributed by atoms with van der Waals surface area (Å²) in [6.07, 6.45) is -0.0586. The summed E-state index contributed by atoms with van der Waals surface area (Å²) in [5.74, 6) is 1.35. The molecule has 0 N–H and O–H groups in total. The summed E-state index contributed by atoms with van der Waals surface area (Å²) < 4.78 is 11.0. The maximum absolute atomic E-state index is 12.7. The van der Waals surface area contributed by atoms with Crippen LogP contribution in [0.3, 0.4) is 0 Å². The van der Waals surface area contributed by atoms with E-state index in [2.05, 4.69) is 10.1 Å². The maximum atomic E-state index is 12.7. The third-order valence-corrected chi connectivity index (χ3v) is 4.81. The normalized spacial score (nSPS) is 12.0. The van der Waals surface area contributed by atoms with Gasteiger partial charge in [0.2, 0.25) is 11.7 Å². The number of hydrogen-bond acceptors (Lipinski definition) is 6. The van der Waals surface area contributed by atoms with Crippen molar-refractivity contribution in [1.29, 1.82) is 0 Å². The zero-order valence-corrected chi connectivity index (χ0v) is 16.0. The van der Waals surface area contributed by atoms with Crippen LogP contribution in [0.15, 0.2) is 46.3 Å². The van der Waals surface area contributed by atoms with Gasteiger partial charge in [-0.1, -0.05) is 29.7 Å². The van der Waals surface area contributed by atoms with E-state index in [9.17, 15) is 4.79 Å². The highest BCUT2D eigenvalue weighted by Crippen LogP contribution is 2.22. The second-order valence-corrected chi connectivity index (χ2v) is 7.04. The number of rotatable bonds is 7. The molecule has 1 atom stereocenters. The molecule has 2 heterocycles. The molecule has 3 rings (SSSR count). The summed E-state index contributed by atoms with van der Waals surface area (Å²) in [6, 6.07) is 10.8. The van der Waals surface area contributed by atoms with Crippen molar-refractivity contribution in [2.24, 2.45) is 0 Å². The minimum atomic E-state index is -0.596. The van der Waals surface area contributed by atoms with Crippen LogP contribution in [0, 0.1) is 0 Å². The molecule has 0 aliphatic carbocycles. The highest BCUT2D eigenvalue weighted by molar-refractivity contribution is 7.13. The van der Waals surface area contributed by atoms with Gasteiger partial charge >= 0.3 is 0 Å². The van der Waals surface area contributed by atoms with E-state index in [-0.39, 0.29) is 12.5 Å². The Bertz CT molecular complexity index is 849. The van der Waals surface area contributed by atoms with Gasteiger partial charge in [-0.05, 0) is 42.1 Å². The van der Waals surface area contributed by atoms with Crippen LogP contribution < -0.4 is 4.74 Å². The summed E-state index contributed by atoms with van der Waals surface area (Å²) in [5.41, 5.74) is 0. The molecule has 0 aliphatic rings. The van der Waals surface area contributed by atoms with E-state index < -0.39 is 6.10 Å². The van der Waals surface area contributed by atoms with Crippen LogP contribution in [0.4, 0.5) is 0 Å². The third-order valence-electron chi connectivity index (χ3n) is 3.70. The first-order valence-corrected chi connectivity index (χ1v) is 9.36. The van der Waals surface area contributed by atoms with Gasteiger partial charge in [0.05, 0.1) is 11.4 Å². The van der Waals surface area contributed by atoms with E-state index >= 15 is 0 Å². The fourth-order valence-electron chi connectivity index (χ4n) is 2.34. The number of thiophene rings is 1. The Balaban J connectivity index is 1.63. The van der Waals surface area contributed by atoms with Crippen LogP contribution in [0.25, 0.3) is 10.7 Å². The fourth-order valence-corrected chi connectivity index (χ4v) is 3.11. The topological polar surface area (TPSA) is 68.5 Å². The zero-order chi connectivity index (χ0) is 18.5. The second-order valence-electron chi connectivity index (χ2n) is 5.65. The molecule has 8 heteroatoms. The first-order chi connectivity index (χ1) is 12.6. The number of aromatic nitrogens is 2. The van der Waals surface area contributed by atoms with Crippen LogP contribution >= 0.6 is 22.9 Å². The van der Waals surface area contributed by atoms with Crippen LogP contribution in [-0.2, 0) is 11.3 Å². The van der Waals surface area contributed by atoms with Crippen LogP contribution in [0.1, 0.15) is 19.2 Å². The molecule has 0 spiro atoms. The average Bonchev–Trinajstić information content (AvgIpc) is 3.32. The van der Waals surface area contributed by atoms with Gasteiger partial charge in [0.25, 0.3) is 5.91 Å². The van der Waals surface area contributed by atoms with Gasteiger partial charge in [-0.25, -0.2) is 0 Å². The number of ether oxygens (including phenoxy) is 1. The molecule has 1 amide bonds. The number of nitrogens with zero attached hydrogens (tertiary/aromatic N) is 3. The molecule has 136 valence electrons. The molecule has 2 aromatic heterocycles. The van der Waals surface area contributed by atoms with Crippen molar-refractivity contribution >= 4 is 28.8 Å². The maximum Gasteiger partial charge on any atom is 0.263 e. The minimum Gasteiger partial charge on any atom is -0.481 e. The molecule has 0 aliphatic heterocycles. The van der Waals surface area contributed by atoms with Crippen molar-refractivity contribution in [2.75, 3.05) is 7.05 Å². The molecular weight excluding hydrogens is 374 g/mol. The summed E-state index contributed by atoms with van der Waals surface area (Å²) >= 11 is 7.40. The Morgan fingerprint density at radius 1 is 1.35 bits per heavy atom. The highest BCUT2D eigenvalue weighted by Gasteiger charge is 2.24. The smallest absolute Gasteiger partial charge is 0.263 e. The fraction of sp³-hybridized carbons (Fsp3) is 0.278. The number of likely N-dealkylation sites (N-methyl/N-ethyl adjacent to an activating group) is 1. The quantitative estimate of drug-likeness (QED) is 0.601. The minimum absolute atomic E-state index is 0.154. The summed E-state index contributed by atoms with van der Waals surface area (Å²) in [7, 11) is 1.69. The Kier molecular flexibility index (Phi) is 5.90. The lowest BCUT2D eigenvalue weighted by molar-refractivity contribution is -0.138. The van der Waals surface area contributed by atoms with E-state index in [0.717, 1.165) is 4.88 Å². The first-order valence-electron chi connectivity index (χ1n) is 8.10. The number of carbonyl (C=O) groups is 1. The van der Waals surface area contributed by atoms with E-state index in [1.54, 1.807) is 31.3 Å². The summed E-state index contributed by atoms with van der Waals surface area (Å²) in [6.45, 7) is 2.12. The molecule has 0 radical (unpaired) electrons. The van der Waals surface area contributed by atoms with E-state index in [1.807, 2.05) is 24.4 Å². The van der Waals surface area contributed by atoms with Gasteiger partial charge in [-0.3, -0.25) is 4.79 Å². The summed E-state index contributed by atoms with van der Waals surface area (Å²) in [5, 5.41) is 6.52. The number of halogens is 1. The van der Waals surface area contributed by atoms with Crippen molar-refractivity contribution in [3.8, 4) is 16.5 Å². The van der Waals surface area contributed by atoms with Crippen molar-refractivity contribution in [1.82, 2.24) is 15.0 Å². The SMILES string of the molecule is CC[C@H](Oc1ccc(Cl)cc1)C(=O)N(C)Cc1nc(-c2cccs2)no1. The van der Waals surface area contributed by atoms with Crippen molar-refractivity contribution in [3.63, 3.8) is 0 Å². The van der Waals surface area contributed by atoms with Gasteiger partial charge in [0.1, 0.15) is 5.75 Å². The van der Waals surface area contributed by atoms with Gasteiger partial charge < -0.3 is 14.2 Å². The zero-order valence-electron chi connectivity index (χ0n) is 14.4. The lowest BCUT2D eigenvalue weighted by Gasteiger charge is -2.22. The average molecular weight is 392 g/mol. The lowest BCUT2D eigenvalue weighted by Crippen LogP contribution is -2.39. The number of carbonyl (C=O) groups excluding carboxylic acids is 1. The van der Waals surface area contributed by atoms with E-state index in [4.69, 9.17) is 20.9 Å². The Morgan fingerprint density at radius 2 is 2.12 bits per heavy atom. The van der Waals surface area contributed by atoms with Gasteiger partial charge in [-0.15, -0.1) is 11.3 Å². The molecule has 0 saturated carbocycles. The Labute approximate surface area is 160 Å². The second kappa shape index (κ2) is 8.33. The van der Waals surface area contributed by atoms with E-state index in [1.165, 1.54) is 16.2 Å². The van der Waals surface area contributed by atoms with Crippen LogP contribution in [-0.4, -0.2) is 34.1 Å². The molecule has 6 nitrogen and oxygen atoms in total. The molecule has 1 aromatic carbocycles. The van der Waals surface area contributed by atoms with Gasteiger partial charge in [0, 0.05) is 12.1 Å². The first kappa shape index (κ1) is 18.4. The van der Waals surface area contributed by atoms with E-state index in [0.29, 0.717) is 28.9 Å². The van der Waals surface area contributed by atoms with Crippen molar-refractivity contribution in [3.05, 3.63) is 52.7 Å². The molecule has 0 unspecified atom stereocenters. The Morgan fingerprint density at radius 3 is 2.77 bits per heavy atom. The molecule has 3 aromatic rings. The predicted octanol–water partition coefficient (Wildman–Crippen LogP) is 4.27. The van der Waals surface area contributed by atoms with Crippen molar-refractivity contribution < 1.29 is 14.1 Å². The Hall–Kier alpha value is -2.38. The van der Waals surface area contributed by atoms with Crippen molar-refractivity contribution in [2.45, 2.75) is 26.0 Å². The van der Waals surface area contributed by atoms with Gasteiger partial charge in [0.15, 0.2) is 6.10 Å². The molecule has 26 heavy (non-hydrogen) atoms. The molecule has 0 fully saturated rings. The summed E-state index contributed by atoms with van der Waals surface area (Å²) in [4.78, 5) is 19.5. The molecule has 0 bridgehead atoms. The number of amides is 1. The van der Waals surface area contributed by atoms with Crippen LogP contribution in [0.5, 0.6) is 5.75 Å². The highest BCUT2D eigenvalue weighted by atomic mass is 35.5. The molecule has 0 saturated heterocycles. The largest absolute Gasteiger partial charge is 0.481 e. The standard InChI is InChI=1S/C18H18ClN3O3S/c1-3-14(24-13-8-6-12(19)7-9-13)18(23)22(2)11-16-20-17(21-25-16)15-5-4-10-26-15/h4-10,14H,3,11H2,1-2H3/t14-/m0/s1. The predicted molar refractivity (Wildman–Crippen MR) is 100 cm³/mol. The number of benzene rings is 1. The molecular formula is C18H18ClN3O3S. The third kappa shape index (κ3) is 4.42. The van der Waals surface area contributed by atoms with Gasteiger partial charge in [-0.2, -0.15) is 4.98 Å². The monoisotopic (exact) mass is 391 g/mol. The number of hydrogen-bond donors (Lipinski definition) is 0. The van der Waals surface area contributed by atoms with Crippen LogP contribution in [0.2, 0.25) is 5.02 Å². The lowest BCUT2D eigenvalue weighted by atomic mass is 10.2.